The quantitative estimate of drug-likeness (QED) is 0.756. The van der Waals surface area contributed by atoms with E-state index in [0.29, 0.717) is 10.6 Å². The average molecular weight is 323 g/mol. The maximum absolute atomic E-state index is 12.2. The van der Waals surface area contributed by atoms with Gasteiger partial charge in [-0.3, -0.25) is 4.79 Å². The van der Waals surface area contributed by atoms with Gasteiger partial charge in [0.15, 0.2) is 0 Å². The van der Waals surface area contributed by atoms with Crippen LogP contribution in [0.4, 0.5) is 5.00 Å². The summed E-state index contributed by atoms with van der Waals surface area (Å²) in [5, 5.41) is 14.5. The van der Waals surface area contributed by atoms with Gasteiger partial charge < -0.3 is 15.2 Å². The molecule has 0 aliphatic heterocycles. The predicted molar refractivity (Wildman–Crippen MR) is 79.7 cm³/mol. The number of carbonyl (C=O) groups excluding carboxylic acids is 2. The second-order valence-electron chi connectivity index (χ2n) is 5.02. The third kappa shape index (κ3) is 3.43. The minimum absolute atomic E-state index is 0. The zero-order valence-electron chi connectivity index (χ0n) is 12.3. The number of hydrogen-bond donors (Lipinski definition) is 1. The van der Waals surface area contributed by atoms with E-state index in [1.54, 1.807) is 24.3 Å². The zero-order valence-corrected chi connectivity index (χ0v) is 15.2. The van der Waals surface area contributed by atoms with E-state index >= 15 is 0 Å². The molecule has 4 nitrogen and oxygen atoms in total. The van der Waals surface area contributed by atoms with Gasteiger partial charge in [0, 0.05) is 16.0 Å². The molecular formula is C16H14NNaO3S. The molecule has 0 saturated heterocycles. The summed E-state index contributed by atoms with van der Waals surface area (Å²) >= 11 is 1.36. The standard InChI is InChI=1S/C16H15NO3S.Na/c18-14(10-6-2-1-3-7-10)17-15-13(16(19)20)11-8-4-5-9-12(11)21-15;/h1-3,6-7H,4-5,8-9H2,(H,17,18)(H,19,20);/q;+1/p-1. The number of aromatic carboxylic acids is 1. The van der Waals surface area contributed by atoms with Crippen molar-refractivity contribution in [1.82, 2.24) is 0 Å². The van der Waals surface area contributed by atoms with E-state index < -0.39 is 5.97 Å². The van der Waals surface area contributed by atoms with Crippen molar-refractivity contribution in [2.45, 2.75) is 25.7 Å². The van der Waals surface area contributed by atoms with E-state index in [2.05, 4.69) is 5.32 Å². The summed E-state index contributed by atoms with van der Waals surface area (Å²) in [6.45, 7) is 0. The zero-order chi connectivity index (χ0) is 14.8. The summed E-state index contributed by atoms with van der Waals surface area (Å²) in [5.41, 5.74) is 1.52. The molecule has 1 aliphatic rings. The number of carboxylic acids is 1. The van der Waals surface area contributed by atoms with E-state index in [1.807, 2.05) is 6.07 Å². The first-order valence-electron chi connectivity index (χ1n) is 6.89. The van der Waals surface area contributed by atoms with Crippen LogP contribution in [-0.4, -0.2) is 11.9 Å². The Labute approximate surface area is 154 Å². The SMILES string of the molecule is O=C(Nc1sc2c(c1C(=O)[O-])CCCC2)c1ccccc1.[Na+]. The molecule has 0 radical (unpaired) electrons. The molecule has 0 saturated carbocycles. The van der Waals surface area contributed by atoms with Crippen LogP contribution in [0.5, 0.6) is 0 Å². The van der Waals surface area contributed by atoms with Crippen molar-refractivity contribution in [3.05, 3.63) is 51.9 Å². The fraction of sp³-hybridized carbons (Fsp3) is 0.250. The summed E-state index contributed by atoms with van der Waals surface area (Å²) in [7, 11) is 0. The molecule has 0 bridgehead atoms. The topological polar surface area (TPSA) is 69.2 Å². The van der Waals surface area contributed by atoms with Crippen molar-refractivity contribution in [2.24, 2.45) is 0 Å². The van der Waals surface area contributed by atoms with Crippen molar-refractivity contribution in [1.29, 1.82) is 0 Å². The van der Waals surface area contributed by atoms with Gasteiger partial charge in [-0.1, -0.05) is 18.2 Å². The van der Waals surface area contributed by atoms with Crippen LogP contribution in [0.3, 0.4) is 0 Å². The van der Waals surface area contributed by atoms with Gasteiger partial charge in [0.2, 0.25) is 0 Å². The second-order valence-corrected chi connectivity index (χ2v) is 6.13. The average Bonchev–Trinajstić information content (AvgIpc) is 2.86. The summed E-state index contributed by atoms with van der Waals surface area (Å²) in [6, 6.07) is 8.76. The van der Waals surface area contributed by atoms with Gasteiger partial charge in [-0.25, -0.2) is 0 Å². The number of rotatable bonds is 3. The Balaban J connectivity index is 0.00000176. The van der Waals surface area contributed by atoms with Crippen LogP contribution in [-0.2, 0) is 12.8 Å². The van der Waals surface area contributed by atoms with Gasteiger partial charge >= 0.3 is 29.6 Å². The number of thiophene rings is 1. The molecule has 0 atom stereocenters. The molecule has 108 valence electrons. The smallest absolute Gasteiger partial charge is 0.545 e. The number of fused-ring (bicyclic) bond motifs is 1. The van der Waals surface area contributed by atoms with Crippen LogP contribution in [0.25, 0.3) is 0 Å². The minimum atomic E-state index is -1.21. The van der Waals surface area contributed by atoms with Crippen LogP contribution in [0, 0.1) is 0 Å². The number of carbonyl (C=O) groups is 2. The first kappa shape index (κ1) is 17.2. The summed E-state index contributed by atoms with van der Waals surface area (Å²) in [4.78, 5) is 24.7. The van der Waals surface area contributed by atoms with Gasteiger partial charge in [0.25, 0.3) is 5.91 Å². The molecule has 2 aromatic rings. The van der Waals surface area contributed by atoms with E-state index in [0.717, 1.165) is 36.1 Å². The Morgan fingerprint density at radius 1 is 1.09 bits per heavy atom. The molecule has 1 heterocycles. The molecular weight excluding hydrogens is 309 g/mol. The van der Waals surface area contributed by atoms with E-state index in [9.17, 15) is 14.7 Å². The Kier molecular flexibility index (Phi) is 5.81. The minimum Gasteiger partial charge on any atom is -0.545 e. The van der Waals surface area contributed by atoms with E-state index in [4.69, 9.17) is 0 Å². The molecule has 1 aliphatic carbocycles. The Morgan fingerprint density at radius 2 is 1.77 bits per heavy atom. The largest absolute Gasteiger partial charge is 1.00 e. The number of amides is 1. The first-order valence-corrected chi connectivity index (χ1v) is 7.70. The molecule has 1 amide bonds. The van der Waals surface area contributed by atoms with E-state index in [-0.39, 0.29) is 41.0 Å². The number of anilines is 1. The molecule has 0 fully saturated rings. The fourth-order valence-electron chi connectivity index (χ4n) is 2.63. The van der Waals surface area contributed by atoms with Gasteiger partial charge in [-0.05, 0) is 43.4 Å². The molecule has 22 heavy (non-hydrogen) atoms. The molecule has 1 aromatic carbocycles. The van der Waals surface area contributed by atoms with Crippen molar-refractivity contribution in [3.8, 4) is 0 Å². The monoisotopic (exact) mass is 323 g/mol. The van der Waals surface area contributed by atoms with Gasteiger partial charge in [-0.2, -0.15) is 0 Å². The Bertz CT molecular complexity index is 697. The van der Waals surface area contributed by atoms with Crippen LogP contribution < -0.4 is 40.0 Å². The molecule has 6 heteroatoms. The van der Waals surface area contributed by atoms with Crippen LogP contribution in [0.15, 0.2) is 30.3 Å². The van der Waals surface area contributed by atoms with Crippen molar-refractivity contribution >= 4 is 28.2 Å². The molecule has 0 spiro atoms. The summed E-state index contributed by atoms with van der Waals surface area (Å²) in [5.74, 6) is -1.51. The molecule has 3 rings (SSSR count). The molecule has 0 unspecified atom stereocenters. The maximum Gasteiger partial charge on any atom is 1.00 e. The summed E-state index contributed by atoms with van der Waals surface area (Å²) in [6.07, 6.45) is 3.67. The molecule has 1 N–H and O–H groups in total. The van der Waals surface area contributed by atoms with Gasteiger partial charge in [0.05, 0.1) is 5.97 Å². The van der Waals surface area contributed by atoms with Crippen LogP contribution >= 0.6 is 11.3 Å². The van der Waals surface area contributed by atoms with Crippen LogP contribution in [0.2, 0.25) is 0 Å². The van der Waals surface area contributed by atoms with Gasteiger partial charge in [-0.15, -0.1) is 11.3 Å². The molecule has 1 aromatic heterocycles. The first-order chi connectivity index (χ1) is 10.2. The van der Waals surface area contributed by atoms with Gasteiger partial charge in [0.1, 0.15) is 5.00 Å². The number of benzene rings is 1. The van der Waals surface area contributed by atoms with Crippen molar-refractivity contribution in [2.75, 3.05) is 5.32 Å². The number of hydrogen-bond acceptors (Lipinski definition) is 4. The van der Waals surface area contributed by atoms with Crippen molar-refractivity contribution < 1.29 is 44.3 Å². The third-order valence-electron chi connectivity index (χ3n) is 3.64. The predicted octanol–water partition coefficient (Wildman–Crippen LogP) is -0.753. The normalized spacial score (nSPS) is 12.9. The Hall–Kier alpha value is -1.14. The fourth-order valence-corrected chi connectivity index (χ4v) is 3.91. The summed E-state index contributed by atoms with van der Waals surface area (Å²) < 4.78 is 0. The van der Waals surface area contributed by atoms with Crippen molar-refractivity contribution in [3.63, 3.8) is 0 Å². The third-order valence-corrected chi connectivity index (χ3v) is 4.85. The van der Waals surface area contributed by atoms with E-state index in [1.165, 1.54) is 11.3 Å². The van der Waals surface area contributed by atoms with Crippen LogP contribution in [0.1, 0.15) is 44.0 Å². The Morgan fingerprint density at radius 3 is 2.45 bits per heavy atom. The number of carboxylic acid groups (broad SMARTS) is 1. The number of nitrogens with one attached hydrogen (secondary N) is 1. The maximum atomic E-state index is 12.2. The second kappa shape index (κ2) is 7.42. The number of aryl methyl sites for hydroxylation is 1.